The van der Waals surface area contributed by atoms with Gasteiger partial charge in [0.15, 0.2) is 0 Å². The van der Waals surface area contributed by atoms with Crippen molar-refractivity contribution in [2.45, 2.75) is 46.5 Å². The predicted molar refractivity (Wildman–Crippen MR) is 52.9 cm³/mol. The molecule has 5 unspecified atom stereocenters. The first-order chi connectivity index (χ1) is 5.68. The van der Waals surface area contributed by atoms with Crippen molar-refractivity contribution in [3.63, 3.8) is 0 Å². The van der Waals surface area contributed by atoms with Crippen LogP contribution in [-0.2, 0) is 0 Å². The fraction of sp³-hybridized carbons (Fsp3) is 1.00. The number of hydrogen-bond donors (Lipinski definition) is 0. The van der Waals surface area contributed by atoms with Crippen LogP contribution in [-0.4, -0.2) is 0 Å². The first-order valence-corrected chi connectivity index (χ1v) is 5.68. The molecule has 0 radical (unpaired) electrons. The Kier molecular flexibility index (Phi) is 2.18. The van der Waals surface area contributed by atoms with Crippen LogP contribution in [0.15, 0.2) is 0 Å². The van der Waals surface area contributed by atoms with Gasteiger partial charge in [-0.1, -0.05) is 27.2 Å². The summed E-state index contributed by atoms with van der Waals surface area (Å²) in [5, 5.41) is 0. The van der Waals surface area contributed by atoms with Gasteiger partial charge in [-0.05, 0) is 48.9 Å². The van der Waals surface area contributed by atoms with Crippen LogP contribution >= 0.6 is 0 Å². The van der Waals surface area contributed by atoms with Crippen molar-refractivity contribution in [2.75, 3.05) is 0 Å². The molecule has 0 spiro atoms. The summed E-state index contributed by atoms with van der Waals surface area (Å²) in [7, 11) is 0. The quantitative estimate of drug-likeness (QED) is 0.514. The third-order valence-electron chi connectivity index (χ3n) is 4.53. The molecule has 0 aromatic carbocycles. The molecule has 12 heavy (non-hydrogen) atoms. The molecular formula is C12H22. The van der Waals surface area contributed by atoms with Gasteiger partial charge in [0.1, 0.15) is 0 Å². The van der Waals surface area contributed by atoms with E-state index in [1.165, 1.54) is 19.3 Å². The van der Waals surface area contributed by atoms with Gasteiger partial charge in [0.25, 0.3) is 0 Å². The van der Waals surface area contributed by atoms with Crippen LogP contribution in [0.1, 0.15) is 46.5 Å². The summed E-state index contributed by atoms with van der Waals surface area (Å²) in [6.45, 7) is 7.36. The normalized spacial score (nSPS) is 53.8. The topological polar surface area (TPSA) is 0 Å². The predicted octanol–water partition coefficient (Wildman–Crippen LogP) is 3.71. The summed E-state index contributed by atoms with van der Waals surface area (Å²) in [6.07, 6.45) is 6.11. The number of hydrogen-bond acceptors (Lipinski definition) is 0. The van der Waals surface area contributed by atoms with E-state index in [9.17, 15) is 0 Å². The van der Waals surface area contributed by atoms with Crippen LogP contribution in [0.4, 0.5) is 0 Å². The fourth-order valence-electron chi connectivity index (χ4n) is 2.95. The highest BCUT2D eigenvalue weighted by Crippen LogP contribution is 2.50. The number of fused-ring (bicyclic) bond motifs is 1. The van der Waals surface area contributed by atoms with E-state index in [0.29, 0.717) is 0 Å². The summed E-state index contributed by atoms with van der Waals surface area (Å²) in [5.41, 5.74) is 0. The Labute approximate surface area is 76.7 Å². The highest BCUT2D eigenvalue weighted by molar-refractivity contribution is 4.90. The van der Waals surface area contributed by atoms with E-state index in [2.05, 4.69) is 20.8 Å². The summed E-state index contributed by atoms with van der Waals surface area (Å²) in [6, 6.07) is 0. The average Bonchev–Trinajstić information content (AvgIpc) is 2.76. The molecule has 70 valence electrons. The minimum atomic E-state index is 0.964. The molecule has 0 bridgehead atoms. The summed E-state index contributed by atoms with van der Waals surface area (Å²) in [5.74, 6) is 5.20. The Morgan fingerprint density at radius 1 is 0.750 bits per heavy atom. The van der Waals surface area contributed by atoms with Gasteiger partial charge in [-0.3, -0.25) is 0 Å². The molecular weight excluding hydrogens is 144 g/mol. The van der Waals surface area contributed by atoms with E-state index >= 15 is 0 Å². The number of rotatable bonds is 0. The molecule has 5 atom stereocenters. The van der Waals surface area contributed by atoms with Gasteiger partial charge in [0.2, 0.25) is 0 Å². The fourth-order valence-corrected chi connectivity index (χ4v) is 2.95. The first kappa shape index (κ1) is 8.59. The van der Waals surface area contributed by atoms with Crippen LogP contribution in [0.2, 0.25) is 0 Å². The molecule has 0 saturated heterocycles. The second kappa shape index (κ2) is 3.05. The Balaban J connectivity index is 1.97. The van der Waals surface area contributed by atoms with Crippen molar-refractivity contribution in [2.24, 2.45) is 29.6 Å². The molecule has 2 rings (SSSR count). The Hall–Kier alpha value is 0. The summed E-state index contributed by atoms with van der Waals surface area (Å²) in [4.78, 5) is 0. The minimum absolute atomic E-state index is 0.964. The molecule has 0 amide bonds. The summed E-state index contributed by atoms with van der Waals surface area (Å²) < 4.78 is 0. The van der Waals surface area contributed by atoms with Crippen molar-refractivity contribution in [3.8, 4) is 0 Å². The van der Waals surface area contributed by atoms with Gasteiger partial charge >= 0.3 is 0 Å². The maximum absolute atomic E-state index is 2.46. The lowest BCUT2D eigenvalue weighted by molar-refractivity contribution is 0.220. The van der Waals surface area contributed by atoms with Gasteiger partial charge in [-0.2, -0.15) is 0 Å². The largest absolute Gasteiger partial charge is 0.0622 e. The zero-order valence-corrected chi connectivity index (χ0v) is 8.72. The van der Waals surface area contributed by atoms with Gasteiger partial charge in [0.05, 0.1) is 0 Å². The van der Waals surface area contributed by atoms with Crippen molar-refractivity contribution >= 4 is 0 Å². The highest BCUT2D eigenvalue weighted by atomic mass is 14.5. The van der Waals surface area contributed by atoms with Gasteiger partial charge in [-0.25, -0.2) is 0 Å². The zero-order chi connectivity index (χ0) is 8.72. The summed E-state index contributed by atoms with van der Waals surface area (Å²) >= 11 is 0. The SMILES string of the molecule is CC1CCC2CC2CC(C)C1C. The maximum atomic E-state index is 2.46. The van der Waals surface area contributed by atoms with E-state index in [-0.39, 0.29) is 0 Å². The molecule has 2 aliphatic carbocycles. The van der Waals surface area contributed by atoms with E-state index in [0.717, 1.165) is 29.6 Å². The average molecular weight is 166 g/mol. The third kappa shape index (κ3) is 1.53. The van der Waals surface area contributed by atoms with Crippen LogP contribution in [0.25, 0.3) is 0 Å². The second-order valence-electron chi connectivity index (χ2n) is 5.38. The van der Waals surface area contributed by atoms with Crippen molar-refractivity contribution in [3.05, 3.63) is 0 Å². The van der Waals surface area contributed by atoms with Crippen LogP contribution in [0.3, 0.4) is 0 Å². The lowest BCUT2D eigenvalue weighted by atomic mass is 9.78. The maximum Gasteiger partial charge on any atom is -0.0380 e. The minimum Gasteiger partial charge on any atom is -0.0622 e. The lowest BCUT2D eigenvalue weighted by Crippen LogP contribution is -2.19. The molecule has 0 aromatic rings. The van der Waals surface area contributed by atoms with E-state index < -0.39 is 0 Å². The smallest absolute Gasteiger partial charge is 0.0380 e. The Bertz CT molecular complexity index is 161. The third-order valence-corrected chi connectivity index (χ3v) is 4.53. The molecule has 0 aliphatic heterocycles. The molecule has 2 saturated carbocycles. The molecule has 0 aromatic heterocycles. The highest BCUT2D eigenvalue weighted by Gasteiger charge is 2.40. The Morgan fingerprint density at radius 3 is 2.25 bits per heavy atom. The molecule has 0 heterocycles. The molecule has 2 aliphatic rings. The van der Waals surface area contributed by atoms with E-state index in [1.54, 1.807) is 6.42 Å². The molecule has 0 heteroatoms. The van der Waals surface area contributed by atoms with E-state index in [1.807, 2.05) is 0 Å². The van der Waals surface area contributed by atoms with Crippen LogP contribution in [0, 0.1) is 29.6 Å². The van der Waals surface area contributed by atoms with Gasteiger partial charge in [-0.15, -0.1) is 0 Å². The van der Waals surface area contributed by atoms with Crippen LogP contribution in [0.5, 0.6) is 0 Å². The molecule has 0 N–H and O–H groups in total. The van der Waals surface area contributed by atoms with Gasteiger partial charge < -0.3 is 0 Å². The van der Waals surface area contributed by atoms with Crippen molar-refractivity contribution in [1.29, 1.82) is 0 Å². The zero-order valence-electron chi connectivity index (χ0n) is 8.72. The lowest BCUT2D eigenvalue weighted by Gasteiger charge is -2.28. The van der Waals surface area contributed by atoms with Crippen LogP contribution < -0.4 is 0 Å². The molecule has 2 fully saturated rings. The van der Waals surface area contributed by atoms with E-state index in [4.69, 9.17) is 0 Å². The second-order valence-corrected chi connectivity index (χ2v) is 5.38. The standard InChI is InChI=1S/C12H22/c1-8-4-5-11-7-12(11)6-9(2)10(8)3/h8-12H,4-7H2,1-3H3. The van der Waals surface area contributed by atoms with Gasteiger partial charge in [0, 0.05) is 0 Å². The van der Waals surface area contributed by atoms with Crippen molar-refractivity contribution in [1.82, 2.24) is 0 Å². The molecule has 0 nitrogen and oxygen atoms in total. The van der Waals surface area contributed by atoms with Crippen molar-refractivity contribution < 1.29 is 0 Å². The monoisotopic (exact) mass is 166 g/mol. The first-order valence-electron chi connectivity index (χ1n) is 5.68. The Morgan fingerprint density at radius 2 is 1.50 bits per heavy atom.